The van der Waals surface area contributed by atoms with Crippen molar-refractivity contribution in [2.45, 2.75) is 63.7 Å². The second-order valence-corrected chi connectivity index (χ2v) is 7.60. The molecule has 4 rings (SSSR count). The van der Waals surface area contributed by atoms with Gasteiger partial charge in [0.25, 0.3) is 0 Å². The molecule has 4 aliphatic rings. The van der Waals surface area contributed by atoms with Crippen molar-refractivity contribution >= 4 is 0 Å². The lowest BCUT2D eigenvalue weighted by molar-refractivity contribution is -0.0342. The fourth-order valence-electron chi connectivity index (χ4n) is 5.43. The van der Waals surface area contributed by atoms with Gasteiger partial charge < -0.3 is 19.6 Å². The molecule has 0 aliphatic carbocycles. The van der Waals surface area contributed by atoms with Gasteiger partial charge in [0, 0.05) is 26.2 Å². The maximum absolute atomic E-state index is 4.49. The zero-order valence-corrected chi connectivity index (χ0v) is 14.3. The Balaban J connectivity index is 1.89. The van der Waals surface area contributed by atoms with Crippen molar-refractivity contribution in [2.24, 2.45) is 0 Å². The topological polar surface area (TPSA) is 13.0 Å². The zero-order chi connectivity index (χ0) is 15.5. The molecule has 0 saturated carbocycles. The number of nitrogens with zero attached hydrogens (tertiary/aromatic N) is 4. The second kappa shape index (κ2) is 4.59. The number of fused-ring (bicyclic) bond motifs is 9. The predicted molar refractivity (Wildman–Crippen MR) is 89.6 cm³/mol. The van der Waals surface area contributed by atoms with Gasteiger partial charge in [0.15, 0.2) is 11.3 Å². The SMILES string of the molecule is C=C1N2CCCCCN1C1(C)N3CCCCCN(C3=C)C21C. The summed E-state index contributed by atoms with van der Waals surface area (Å²) in [6.45, 7) is 18.3. The molecule has 0 spiro atoms. The Kier molecular flexibility index (Phi) is 2.98. The Morgan fingerprint density at radius 2 is 0.864 bits per heavy atom. The van der Waals surface area contributed by atoms with Crippen LogP contribution < -0.4 is 0 Å². The second-order valence-electron chi connectivity index (χ2n) is 7.60. The van der Waals surface area contributed by atoms with Gasteiger partial charge in [-0.25, -0.2) is 0 Å². The molecule has 4 bridgehead atoms. The number of hydrogen-bond acceptors (Lipinski definition) is 4. The molecule has 0 aromatic carbocycles. The fraction of sp³-hybridized carbons (Fsp3) is 0.778. The first kappa shape index (κ1) is 14.3. The quantitative estimate of drug-likeness (QED) is 0.682. The average Bonchev–Trinajstić information content (AvgIpc) is 2.75. The van der Waals surface area contributed by atoms with Crippen molar-refractivity contribution in [3.63, 3.8) is 0 Å². The van der Waals surface area contributed by atoms with Gasteiger partial charge in [-0.2, -0.15) is 0 Å². The summed E-state index contributed by atoms with van der Waals surface area (Å²) in [7, 11) is 0. The predicted octanol–water partition coefficient (Wildman–Crippen LogP) is 2.96. The van der Waals surface area contributed by atoms with Crippen LogP contribution in [0.2, 0.25) is 0 Å². The smallest absolute Gasteiger partial charge is 0.155 e. The van der Waals surface area contributed by atoms with Crippen LogP contribution in [-0.4, -0.2) is 57.1 Å². The van der Waals surface area contributed by atoms with Crippen LogP contribution in [0.25, 0.3) is 0 Å². The highest BCUT2D eigenvalue weighted by molar-refractivity contribution is 5.31. The lowest BCUT2D eigenvalue weighted by Gasteiger charge is -2.46. The Hall–Kier alpha value is -1.32. The summed E-state index contributed by atoms with van der Waals surface area (Å²) in [4.78, 5) is 10.3. The summed E-state index contributed by atoms with van der Waals surface area (Å²) in [5.41, 5.74) is -0.0638. The van der Waals surface area contributed by atoms with Crippen LogP contribution in [0.5, 0.6) is 0 Å². The maximum Gasteiger partial charge on any atom is 0.155 e. The Labute approximate surface area is 135 Å². The molecule has 0 unspecified atom stereocenters. The summed E-state index contributed by atoms with van der Waals surface area (Å²) in [5.74, 6) is 2.46. The van der Waals surface area contributed by atoms with Crippen LogP contribution in [0.4, 0.5) is 0 Å². The van der Waals surface area contributed by atoms with E-state index < -0.39 is 0 Å². The third-order valence-electron chi connectivity index (χ3n) is 6.77. The van der Waals surface area contributed by atoms with Gasteiger partial charge in [-0.15, -0.1) is 0 Å². The summed E-state index contributed by atoms with van der Waals surface area (Å²) < 4.78 is 0. The summed E-state index contributed by atoms with van der Waals surface area (Å²) in [5, 5.41) is 0. The maximum atomic E-state index is 4.49. The highest BCUT2D eigenvalue weighted by Gasteiger charge is 2.70. The molecule has 122 valence electrons. The van der Waals surface area contributed by atoms with Crippen molar-refractivity contribution in [2.75, 3.05) is 26.2 Å². The van der Waals surface area contributed by atoms with E-state index in [0.29, 0.717) is 0 Å². The number of rotatable bonds is 0. The molecule has 4 heteroatoms. The molecule has 22 heavy (non-hydrogen) atoms. The minimum absolute atomic E-state index is 0.0319. The van der Waals surface area contributed by atoms with Crippen LogP contribution in [0.3, 0.4) is 0 Å². The first-order chi connectivity index (χ1) is 10.5. The van der Waals surface area contributed by atoms with Gasteiger partial charge >= 0.3 is 0 Å². The summed E-state index contributed by atoms with van der Waals surface area (Å²) in [6.07, 6.45) is 7.76. The van der Waals surface area contributed by atoms with Gasteiger partial charge in [0.05, 0.1) is 0 Å². The molecule has 4 heterocycles. The van der Waals surface area contributed by atoms with Crippen LogP contribution in [-0.2, 0) is 0 Å². The van der Waals surface area contributed by atoms with Crippen molar-refractivity contribution in [3.05, 3.63) is 24.8 Å². The first-order valence-electron chi connectivity index (χ1n) is 9.01. The lowest BCUT2D eigenvalue weighted by Crippen LogP contribution is -2.64. The largest absolute Gasteiger partial charge is 0.332 e. The average molecular weight is 302 g/mol. The van der Waals surface area contributed by atoms with E-state index in [9.17, 15) is 0 Å². The Morgan fingerprint density at radius 3 is 1.14 bits per heavy atom. The highest BCUT2D eigenvalue weighted by atomic mass is 15.7. The minimum Gasteiger partial charge on any atom is -0.332 e. The standard InChI is InChI=1S/C18H30N4/c1-15-19-11-7-5-8-12-20(15)18(4)17(19,3)21-13-9-6-10-14-22(18)16(21)2/h1-2,5-14H2,3-4H3. The Morgan fingerprint density at radius 1 is 0.591 bits per heavy atom. The van der Waals surface area contributed by atoms with Gasteiger partial charge in [0.2, 0.25) is 0 Å². The van der Waals surface area contributed by atoms with Crippen LogP contribution in [0.1, 0.15) is 52.4 Å². The lowest BCUT2D eigenvalue weighted by atomic mass is 9.95. The van der Waals surface area contributed by atoms with Crippen molar-refractivity contribution in [3.8, 4) is 0 Å². The molecule has 0 N–H and O–H groups in total. The summed E-state index contributed by atoms with van der Waals surface area (Å²) in [6, 6.07) is 0. The van der Waals surface area contributed by atoms with Gasteiger partial charge in [-0.1, -0.05) is 13.2 Å². The van der Waals surface area contributed by atoms with E-state index in [4.69, 9.17) is 0 Å². The van der Waals surface area contributed by atoms with Crippen LogP contribution >= 0.6 is 0 Å². The molecule has 4 aliphatic heterocycles. The molecule has 0 aromatic heterocycles. The normalized spacial score (nSPS) is 38.6. The first-order valence-corrected chi connectivity index (χ1v) is 9.01. The zero-order valence-electron chi connectivity index (χ0n) is 14.3. The molecule has 0 amide bonds. The highest BCUT2D eigenvalue weighted by Crippen LogP contribution is 2.57. The van der Waals surface area contributed by atoms with E-state index in [1.807, 2.05) is 0 Å². The van der Waals surface area contributed by atoms with E-state index in [1.54, 1.807) is 0 Å². The molecule has 4 fully saturated rings. The molecular weight excluding hydrogens is 272 g/mol. The number of hydrogen-bond donors (Lipinski definition) is 0. The van der Waals surface area contributed by atoms with E-state index in [0.717, 1.165) is 26.2 Å². The molecule has 4 saturated heterocycles. The van der Waals surface area contributed by atoms with Gasteiger partial charge in [0.1, 0.15) is 11.6 Å². The minimum atomic E-state index is -0.0319. The van der Waals surface area contributed by atoms with Crippen molar-refractivity contribution in [1.29, 1.82) is 0 Å². The molecule has 4 nitrogen and oxygen atoms in total. The van der Waals surface area contributed by atoms with E-state index >= 15 is 0 Å². The van der Waals surface area contributed by atoms with Crippen molar-refractivity contribution < 1.29 is 0 Å². The van der Waals surface area contributed by atoms with Gasteiger partial charge in [-0.05, 0) is 52.4 Å². The molecular formula is C18H30N4. The van der Waals surface area contributed by atoms with Crippen LogP contribution in [0, 0.1) is 0 Å². The molecule has 0 radical (unpaired) electrons. The van der Waals surface area contributed by atoms with Gasteiger partial charge in [-0.3, -0.25) is 0 Å². The van der Waals surface area contributed by atoms with E-state index in [-0.39, 0.29) is 11.3 Å². The third kappa shape index (κ3) is 1.44. The van der Waals surface area contributed by atoms with E-state index in [2.05, 4.69) is 46.6 Å². The molecule has 0 aromatic rings. The van der Waals surface area contributed by atoms with Crippen LogP contribution in [0.15, 0.2) is 24.8 Å². The summed E-state index contributed by atoms with van der Waals surface area (Å²) >= 11 is 0. The fourth-order valence-corrected chi connectivity index (χ4v) is 5.43. The van der Waals surface area contributed by atoms with E-state index in [1.165, 1.54) is 50.2 Å². The third-order valence-corrected chi connectivity index (χ3v) is 6.77. The molecule has 0 atom stereocenters. The van der Waals surface area contributed by atoms with Crippen molar-refractivity contribution in [1.82, 2.24) is 19.6 Å². The Bertz CT molecular complexity index is 433. The monoisotopic (exact) mass is 302 g/mol.